The van der Waals surface area contributed by atoms with E-state index in [1.165, 1.54) is 0 Å². The molecule has 0 saturated heterocycles. The maximum atomic E-state index is 13.8. The first kappa shape index (κ1) is 18.6. The van der Waals surface area contributed by atoms with E-state index >= 15 is 0 Å². The van der Waals surface area contributed by atoms with Crippen molar-refractivity contribution in [3.63, 3.8) is 0 Å². The molecular weight excluding hydrogens is 338 g/mol. The van der Waals surface area contributed by atoms with E-state index in [1.807, 2.05) is 0 Å². The maximum absolute atomic E-state index is 13.8. The Hall–Kier alpha value is -2.71. The molecule has 0 aliphatic heterocycles. The summed E-state index contributed by atoms with van der Waals surface area (Å²) in [6, 6.07) is 0.759. The second kappa shape index (κ2) is 7.91. The molecule has 1 saturated carbocycles. The number of aliphatic carboxylic acids is 1. The van der Waals surface area contributed by atoms with Crippen molar-refractivity contribution in [2.75, 3.05) is 12.4 Å². The molecule has 1 fully saturated rings. The van der Waals surface area contributed by atoms with Gasteiger partial charge in [0.1, 0.15) is 17.2 Å². The number of esters is 1. The van der Waals surface area contributed by atoms with Crippen LogP contribution in [0.4, 0.5) is 19.3 Å². The predicted molar refractivity (Wildman–Crippen MR) is 83.2 cm³/mol. The lowest BCUT2D eigenvalue weighted by Crippen LogP contribution is -2.41. The zero-order valence-electron chi connectivity index (χ0n) is 13.5. The molecule has 0 unspecified atom stereocenters. The van der Waals surface area contributed by atoms with E-state index in [4.69, 9.17) is 5.11 Å². The Morgan fingerprint density at radius 3 is 2.16 bits per heavy atom. The van der Waals surface area contributed by atoms with Gasteiger partial charge in [0.2, 0.25) is 0 Å². The second-order valence-electron chi connectivity index (χ2n) is 5.79. The average Bonchev–Trinajstić information content (AvgIpc) is 2.54. The molecule has 0 radical (unpaired) electrons. The molecule has 9 heteroatoms. The van der Waals surface area contributed by atoms with Gasteiger partial charge < -0.3 is 20.5 Å². The number of hydrogen-bond acceptors (Lipinski definition) is 4. The van der Waals surface area contributed by atoms with Crippen LogP contribution in [0.1, 0.15) is 36.0 Å². The van der Waals surface area contributed by atoms with Crippen molar-refractivity contribution in [3.8, 4) is 0 Å². The van der Waals surface area contributed by atoms with Crippen LogP contribution in [0.2, 0.25) is 0 Å². The van der Waals surface area contributed by atoms with Crippen molar-refractivity contribution in [3.05, 3.63) is 29.3 Å². The number of carboxylic acids is 1. The first-order valence-corrected chi connectivity index (χ1v) is 7.69. The van der Waals surface area contributed by atoms with Gasteiger partial charge in [-0.15, -0.1) is 0 Å². The molecular formula is C16H18F2N2O5. The second-order valence-corrected chi connectivity index (χ2v) is 5.79. The number of rotatable bonds is 4. The summed E-state index contributed by atoms with van der Waals surface area (Å²) in [4.78, 5) is 34.1. The number of carbonyl (C=O) groups is 3. The molecule has 2 rings (SSSR count). The van der Waals surface area contributed by atoms with E-state index in [-0.39, 0.29) is 11.7 Å². The van der Waals surface area contributed by atoms with Gasteiger partial charge in [-0.2, -0.15) is 0 Å². The summed E-state index contributed by atoms with van der Waals surface area (Å²) in [6.07, 6.45) is 1.93. The van der Waals surface area contributed by atoms with Gasteiger partial charge >= 0.3 is 18.0 Å². The van der Waals surface area contributed by atoms with E-state index in [0.29, 0.717) is 25.7 Å². The highest BCUT2D eigenvalue weighted by molar-refractivity contribution is 5.93. The number of nitrogens with one attached hydrogen (secondary N) is 2. The number of urea groups is 1. The van der Waals surface area contributed by atoms with Gasteiger partial charge in [-0.25, -0.2) is 18.4 Å². The van der Waals surface area contributed by atoms with Crippen LogP contribution >= 0.6 is 0 Å². The highest BCUT2D eigenvalue weighted by atomic mass is 19.1. The monoisotopic (exact) mass is 356 g/mol. The van der Waals surface area contributed by atoms with Crippen molar-refractivity contribution in [2.45, 2.75) is 31.7 Å². The third-order valence-corrected chi connectivity index (χ3v) is 4.10. The largest absolute Gasteiger partial charge is 0.481 e. The van der Waals surface area contributed by atoms with Crippen LogP contribution in [0.3, 0.4) is 0 Å². The minimum absolute atomic E-state index is 0.153. The molecule has 1 aliphatic rings. The standard InChI is InChI=1S/C16H18F2N2O5/c1-25-15(23)13-11(17)6-10(7-12(13)18)20-16(24)19-9-4-2-8(3-5-9)14(21)22/h6-9H,2-5H2,1H3,(H,21,22)(H2,19,20,24). The number of methoxy groups -OCH3 is 1. The molecule has 1 aromatic rings. The summed E-state index contributed by atoms with van der Waals surface area (Å²) in [5.74, 6) is -4.70. The molecule has 1 aromatic carbocycles. The van der Waals surface area contributed by atoms with Gasteiger partial charge in [0.25, 0.3) is 0 Å². The molecule has 136 valence electrons. The van der Waals surface area contributed by atoms with Crippen LogP contribution in [0, 0.1) is 17.6 Å². The van der Waals surface area contributed by atoms with E-state index in [0.717, 1.165) is 19.2 Å². The lowest BCUT2D eigenvalue weighted by atomic mass is 9.86. The van der Waals surface area contributed by atoms with Crippen LogP contribution in [0.5, 0.6) is 0 Å². The van der Waals surface area contributed by atoms with Crippen LogP contribution in [-0.4, -0.2) is 36.2 Å². The van der Waals surface area contributed by atoms with E-state index in [1.54, 1.807) is 0 Å². The molecule has 2 amide bonds. The fourth-order valence-corrected chi connectivity index (χ4v) is 2.78. The predicted octanol–water partition coefficient (Wildman–Crippen LogP) is 2.52. The molecule has 0 heterocycles. The van der Waals surface area contributed by atoms with Gasteiger partial charge in [-0.1, -0.05) is 0 Å². The van der Waals surface area contributed by atoms with Crippen LogP contribution in [0.25, 0.3) is 0 Å². The number of hydrogen-bond donors (Lipinski definition) is 3. The fourth-order valence-electron chi connectivity index (χ4n) is 2.78. The van der Waals surface area contributed by atoms with E-state index in [2.05, 4.69) is 15.4 Å². The van der Waals surface area contributed by atoms with E-state index in [9.17, 15) is 23.2 Å². The number of halogens is 2. The van der Waals surface area contributed by atoms with Gasteiger partial charge in [0, 0.05) is 11.7 Å². The number of benzene rings is 1. The zero-order valence-corrected chi connectivity index (χ0v) is 13.5. The number of amides is 2. The number of carbonyl (C=O) groups excluding carboxylic acids is 2. The summed E-state index contributed by atoms with van der Waals surface area (Å²) in [5, 5.41) is 13.9. The lowest BCUT2D eigenvalue weighted by molar-refractivity contribution is -0.142. The molecule has 0 atom stereocenters. The zero-order chi connectivity index (χ0) is 18.6. The maximum Gasteiger partial charge on any atom is 0.343 e. The number of ether oxygens (including phenoxy) is 1. The SMILES string of the molecule is COC(=O)c1c(F)cc(NC(=O)NC2CCC(C(=O)O)CC2)cc1F. The Balaban J connectivity index is 1.95. The molecule has 0 bridgehead atoms. The lowest BCUT2D eigenvalue weighted by Gasteiger charge is -2.26. The Morgan fingerprint density at radius 1 is 1.12 bits per heavy atom. The first-order chi connectivity index (χ1) is 11.8. The summed E-state index contributed by atoms with van der Waals surface area (Å²) >= 11 is 0. The minimum atomic E-state index is -1.15. The van der Waals surface area contributed by atoms with E-state index < -0.39 is 41.1 Å². The highest BCUT2D eigenvalue weighted by Gasteiger charge is 2.27. The van der Waals surface area contributed by atoms with Gasteiger partial charge in [0.05, 0.1) is 13.0 Å². The first-order valence-electron chi connectivity index (χ1n) is 7.69. The van der Waals surface area contributed by atoms with Crippen molar-refractivity contribution in [2.24, 2.45) is 5.92 Å². The molecule has 3 N–H and O–H groups in total. The smallest absolute Gasteiger partial charge is 0.343 e. The third kappa shape index (κ3) is 4.65. The summed E-state index contributed by atoms with van der Waals surface area (Å²) in [6.45, 7) is 0. The summed E-state index contributed by atoms with van der Waals surface area (Å²) in [5.41, 5.74) is -0.986. The Kier molecular flexibility index (Phi) is 5.89. The average molecular weight is 356 g/mol. The Bertz CT molecular complexity index is 664. The normalized spacial score (nSPS) is 19.8. The molecule has 0 aromatic heterocycles. The summed E-state index contributed by atoms with van der Waals surface area (Å²) < 4.78 is 31.9. The van der Waals surface area contributed by atoms with Crippen LogP contribution < -0.4 is 10.6 Å². The minimum Gasteiger partial charge on any atom is -0.481 e. The summed E-state index contributed by atoms with van der Waals surface area (Å²) in [7, 11) is 1.000. The molecule has 25 heavy (non-hydrogen) atoms. The van der Waals surface area contributed by atoms with Crippen LogP contribution in [-0.2, 0) is 9.53 Å². The van der Waals surface area contributed by atoms with Gasteiger partial charge in [0.15, 0.2) is 0 Å². The van der Waals surface area contributed by atoms with Gasteiger partial charge in [-0.05, 0) is 37.8 Å². The molecule has 0 spiro atoms. The number of carboxylic acid groups (broad SMARTS) is 1. The quantitative estimate of drug-likeness (QED) is 0.719. The van der Waals surface area contributed by atoms with Gasteiger partial charge in [-0.3, -0.25) is 4.79 Å². The molecule has 7 nitrogen and oxygen atoms in total. The van der Waals surface area contributed by atoms with Crippen LogP contribution in [0.15, 0.2) is 12.1 Å². The van der Waals surface area contributed by atoms with Crippen molar-refractivity contribution < 1.29 is 33.0 Å². The topological polar surface area (TPSA) is 105 Å². The fraction of sp³-hybridized carbons (Fsp3) is 0.438. The highest BCUT2D eigenvalue weighted by Crippen LogP contribution is 2.25. The van der Waals surface area contributed by atoms with Crippen molar-refractivity contribution in [1.29, 1.82) is 0 Å². The Labute approximate surface area is 142 Å². The van der Waals surface area contributed by atoms with Crippen molar-refractivity contribution >= 4 is 23.7 Å². The Morgan fingerprint density at radius 2 is 1.68 bits per heavy atom. The molecule has 1 aliphatic carbocycles. The van der Waals surface area contributed by atoms with Crippen molar-refractivity contribution in [1.82, 2.24) is 5.32 Å². The number of anilines is 1. The third-order valence-electron chi connectivity index (χ3n) is 4.10.